The maximum atomic E-state index is 13.6. The molecule has 0 spiro atoms. The molecule has 7 rings (SSSR count). The molecular formula is C45H56N6O11. The van der Waals surface area contributed by atoms with E-state index in [2.05, 4.69) is 56.7 Å². The minimum atomic E-state index is -0.533. The summed E-state index contributed by atoms with van der Waals surface area (Å²) in [5.41, 5.74) is 3.18. The number of carbonyl (C=O) groups is 3. The van der Waals surface area contributed by atoms with Gasteiger partial charge in [-0.05, 0) is 71.2 Å². The minimum absolute atomic E-state index is 0.0720. The maximum absolute atomic E-state index is 13.6. The number of amides is 2. The summed E-state index contributed by atoms with van der Waals surface area (Å²) in [6.07, 6.45) is 4.47. The topological polar surface area (TPSA) is 198 Å². The van der Waals surface area contributed by atoms with E-state index in [1.54, 1.807) is 6.07 Å². The van der Waals surface area contributed by atoms with Crippen LogP contribution >= 0.6 is 0 Å². The summed E-state index contributed by atoms with van der Waals surface area (Å²) in [4.78, 5) is 52.6. The Morgan fingerprint density at radius 1 is 0.823 bits per heavy atom. The number of nitro groups is 1. The molecule has 332 valence electrons. The number of nitrogens with one attached hydrogen (secondary N) is 1. The summed E-state index contributed by atoms with van der Waals surface area (Å²) in [7, 11) is 0. The summed E-state index contributed by atoms with van der Waals surface area (Å²) < 4.78 is 33.3. The smallest absolute Gasteiger partial charge is 0.320 e. The van der Waals surface area contributed by atoms with Gasteiger partial charge in [-0.1, -0.05) is 42.5 Å². The van der Waals surface area contributed by atoms with Crippen molar-refractivity contribution in [3.63, 3.8) is 0 Å². The normalized spacial score (nSPS) is 18.7. The zero-order valence-electron chi connectivity index (χ0n) is 35.0. The van der Waals surface area contributed by atoms with Crippen molar-refractivity contribution in [2.45, 2.75) is 57.0 Å². The standard InChI is InChI=1S/C45H56N6O11/c52-36(16-22-57-24-26-59-27-25-58-23-17-46-39-11-12-40(51(55)56)44-43(39)47-62-48-44)9-5-21-60-38-10-4-8-34(29-38)42(32-6-2-1-3-7-32)33-13-18-49(19-14-33)45(54)50-20-15-41-35(30-50)28-37(53)31-61-41/h1-4,6-8,10-12,29,33,35,41-42,46H,5,9,13-28,30-31H2/t35-,41+,42?/m1/s1. The van der Waals surface area contributed by atoms with Crippen molar-refractivity contribution in [1.82, 2.24) is 20.1 Å². The van der Waals surface area contributed by atoms with Gasteiger partial charge in [-0.15, -0.1) is 0 Å². The number of piperidine rings is 2. The predicted molar refractivity (Wildman–Crippen MR) is 227 cm³/mol. The third-order valence-corrected chi connectivity index (χ3v) is 11.8. The number of ether oxygens (including phenoxy) is 5. The maximum Gasteiger partial charge on any atom is 0.320 e. The fraction of sp³-hybridized carbons (Fsp3) is 0.533. The minimum Gasteiger partial charge on any atom is -0.494 e. The number of aromatic nitrogens is 2. The molecule has 0 bridgehead atoms. The molecular weight excluding hydrogens is 801 g/mol. The largest absolute Gasteiger partial charge is 0.494 e. The average Bonchev–Trinajstić information content (AvgIpc) is 3.79. The number of hydrogen-bond acceptors (Lipinski definition) is 14. The molecule has 3 aliphatic rings. The molecule has 4 heterocycles. The number of carbonyl (C=O) groups excluding carboxylic acids is 3. The van der Waals surface area contributed by atoms with E-state index in [1.165, 1.54) is 17.2 Å². The highest BCUT2D eigenvalue weighted by atomic mass is 16.6. The molecule has 17 nitrogen and oxygen atoms in total. The van der Waals surface area contributed by atoms with Gasteiger partial charge in [0, 0.05) is 69.9 Å². The van der Waals surface area contributed by atoms with E-state index >= 15 is 0 Å². The van der Waals surface area contributed by atoms with Crippen LogP contribution in [0.25, 0.3) is 11.0 Å². The van der Waals surface area contributed by atoms with Crippen LogP contribution in [0.4, 0.5) is 16.2 Å². The molecule has 1 N–H and O–H groups in total. The van der Waals surface area contributed by atoms with Crippen molar-refractivity contribution in [2.75, 3.05) is 90.9 Å². The molecule has 2 amide bonds. The van der Waals surface area contributed by atoms with E-state index in [0.717, 1.165) is 25.0 Å². The number of nitrogens with zero attached hydrogens (tertiary/aromatic N) is 5. The summed E-state index contributed by atoms with van der Waals surface area (Å²) in [5.74, 6) is 1.60. The van der Waals surface area contributed by atoms with E-state index in [-0.39, 0.29) is 58.9 Å². The van der Waals surface area contributed by atoms with Crippen molar-refractivity contribution < 1.29 is 47.6 Å². The summed E-state index contributed by atoms with van der Waals surface area (Å²) in [5, 5.41) is 21.6. The Kier molecular flexibility index (Phi) is 16.2. The molecule has 1 unspecified atom stereocenters. The molecule has 4 aromatic rings. The number of anilines is 1. The third-order valence-electron chi connectivity index (χ3n) is 11.8. The second-order valence-corrected chi connectivity index (χ2v) is 16.0. The molecule has 3 aromatic carbocycles. The first-order valence-electron chi connectivity index (χ1n) is 21.7. The van der Waals surface area contributed by atoms with Crippen LogP contribution in [0, 0.1) is 22.0 Å². The number of nitro benzene ring substituents is 1. The number of hydrogen-bond donors (Lipinski definition) is 1. The number of rotatable bonds is 22. The van der Waals surface area contributed by atoms with Crippen LogP contribution in [0.2, 0.25) is 0 Å². The van der Waals surface area contributed by atoms with Crippen molar-refractivity contribution >= 4 is 40.0 Å². The van der Waals surface area contributed by atoms with E-state index < -0.39 is 4.92 Å². The molecule has 17 heteroatoms. The van der Waals surface area contributed by atoms with Gasteiger partial charge in [-0.25, -0.2) is 9.42 Å². The molecule has 0 aliphatic carbocycles. The Morgan fingerprint density at radius 3 is 2.34 bits per heavy atom. The first kappa shape index (κ1) is 44.6. The number of urea groups is 1. The quantitative estimate of drug-likeness (QED) is 0.0544. The molecule has 3 aliphatic heterocycles. The van der Waals surface area contributed by atoms with Gasteiger partial charge in [-0.3, -0.25) is 19.7 Å². The fourth-order valence-electron chi connectivity index (χ4n) is 8.68. The fourth-order valence-corrected chi connectivity index (χ4v) is 8.68. The predicted octanol–water partition coefficient (Wildman–Crippen LogP) is 6.05. The van der Waals surface area contributed by atoms with E-state index in [1.807, 2.05) is 28.0 Å². The first-order chi connectivity index (χ1) is 30.3. The van der Waals surface area contributed by atoms with Gasteiger partial charge in [0.2, 0.25) is 5.52 Å². The van der Waals surface area contributed by atoms with Gasteiger partial charge in [-0.2, -0.15) is 0 Å². The molecule has 0 saturated carbocycles. The lowest BCUT2D eigenvalue weighted by molar-refractivity contribution is -0.383. The van der Waals surface area contributed by atoms with E-state index in [9.17, 15) is 24.5 Å². The summed E-state index contributed by atoms with van der Waals surface area (Å²) in [6.45, 7) is 5.94. The zero-order chi connectivity index (χ0) is 43.1. The van der Waals surface area contributed by atoms with Gasteiger partial charge in [0.25, 0.3) is 0 Å². The van der Waals surface area contributed by atoms with Crippen molar-refractivity contribution in [3.8, 4) is 5.75 Å². The van der Waals surface area contributed by atoms with Crippen LogP contribution in [0.1, 0.15) is 62.0 Å². The SMILES string of the molecule is O=C(CCCOc1cccc(C(c2ccccc2)C2CCN(C(=O)N3CC[C@@H]4OCC(=O)C[C@@H]4C3)CC2)c1)CCOCCOCCOCCNc1ccc([N+](=O)[O-])c2nonc12. The highest BCUT2D eigenvalue weighted by molar-refractivity contribution is 5.93. The first-order valence-corrected chi connectivity index (χ1v) is 21.7. The van der Waals surface area contributed by atoms with Crippen molar-refractivity contribution in [1.29, 1.82) is 0 Å². The Hall–Kier alpha value is -5.49. The van der Waals surface area contributed by atoms with E-state index in [0.29, 0.717) is 116 Å². The molecule has 3 atom stereocenters. The summed E-state index contributed by atoms with van der Waals surface area (Å²) in [6, 6.07) is 21.8. The van der Waals surface area contributed by atoms with Gasteiger partial charge in [0.05, 0.1) is 63.0 Å². The highest BCUT2D eigenvalue weighted by Gasteiger charge is 2.39. The Labute approximate surface area is 360 Å². The Balaban J connectivity index is 0.749. The number of benzene rings is 3. The van der Waals surface area contributed by atoms with Crippen LogP contribution in [-0.4, -0.2) is 134 Å². The van der Waals surface area contributed by atoms with Crippen molar-refractivity contribution in [3.05, 3.63) is 88.0 Å². The molecule has 62 heavy (non-hydrogen) atoms. The lowest BCUT2D eigenvalue weighted by atomic mass is 9.76. The van der Waals surface area contributed by atoms with E-state index in [4.69, 9.17) is 23.7 Å². The molecule has 3 fully saturated rings. The van der Waals surface area contributed by atoms with Crippen LogP contribution < -0.4 is 10.1 Å². The van der Waals surface area contributed by atoms with Crippen LogP contribution in [0.5, 0.6) is 5.75 Å². The van der Waals surface area contributed by atoms with Crippen LogP contribution in [-0.2, 0) is 28.5 Å². The number of ketones is 2. The van der Waals surface area contributed by atoms with Gasteiger partial charge < -0.3 is 38.8 Å². The van der Waals surface area contributed by atoms with Gasteiger partial charge in [0.15, 0.2) is 11.3 Å². The summed E-state index contributed by atoms with van der Waals surface area (Å²) >= 11 is 0. The Morgan fingerprint density at radius 2 is 1.55 bits per heavy atom. The second kappa shape index (κ2) is 22.6. The Bertz CT molecular complexity index is 2090. The van der Waals surface area contributed by atoms with Gasteiger partial charge in [0.1, 0.15) is 18.1 Å². The van der Waals surface area contributed by atoms with Gasteiger partial charge >= 0.3 is 11.7 Å². The lowest BCUT2D eigenvalue weighted by Gasteiger charge is -2.43. The monoisotopic (exact) mass is 856 g/mol. The van der Waals surface area contributed by atoms with Crippen molar-refractivity contribution in [2.24, 2.45) is 11.8 Å². The van der Waals surface area contributed by atoms with Crippen LogP contribution in [0.15, 0.2) is 71.4 Å². The molecule has 1 aromatic heterocycles. The zero-order valence-corrected chi connectivity index (χ0v) is 35.0. The highest BCUT2D eigenvalue weighted by Crippen LogP contribution is 2.39. The molecule has 0 radical (unpaired) electrons. The number of Topliss-reactive ketones (excluding diaryl/α,β-unsaturated/α-hetero) is 2. The second-order valence-electron chi connectivity index (χ2n) is 16.0. The number of likely N-dealkylation sites (tertiary alicyclic amines) is 2. The number of non-ortho nitro benzene ring substituents is 1. The number of fused-ring (bicyclic) bond motifs is 2. The van der Waals surface area contributed by atoms with Crippen LogP contribution in [0.3, 0.4) is 0 Å². The lowest BCUT2D eigenvalue weighted by Crippen LogP contribution is -2.54. The third kappa shape index (κ3) is 12.1. The molecule has 3 saturated heterocycles. The average molecular weight is 857 g/mol.